The van der Waals surface area contributed by atoms with E-state index in [2.05, 4.69) is 59.4 Å². The number of hydrogen-bond donors (Lipinski definition) is 5. The predicted octanol–water partition coefficient (Wildman–Crippen LogP) is 10.3. The minimum atomic E-state index is -4.88. The Balaban J connectivity index is 4.70. The number of unbranched alkanes of at least 4 members (excludes halogenated alkanes) is 8. The second-order valence-electron chi connectivity index (χ2n) is 14.4. The van der Waals surface area contributed by atoms with Gasteiger partial charge in [0.2, 0.25) is 0 Å². The van der Waals surface area contributed by atoms with Crippen molar-refractivity contribution in [2.45, 2.75) is 154 Å². The first-order valence-corrected chi connectivity index (χ1v) is 25.1. The Morgan fingerprint density at radius 2 is 1.10 bits per heavy atom. The van der Waals surface area contributed by atoms with Crippen LogP contribution in [0.5, 0.6) is 0 Å². The van der Waals surface area contributed by atoms with Gasteiger partial charge in [-0.3, -0.25) is 23.2 Å². The summed E-state index contributed by atoms with van der Waals surface area (Å²) in [5.74, 6) is -1.18. The molecular weight excluding hydrogens is 838 g/mol. The first-order chi connectivity index (χ1) is 29.8. The summed E-state index contributed by atoms with van der Waals surface area (Å²) in [6.45, 7) is 1.40. The first-order valence-electron chi connectivity index (χ1n) is 22.0. The van der Waals surface area contributed by atoms with E-state index < -0.39 is 72.3 Å². The molecule has 0 aliphatic rings. The van der Waals surface area contributed by atoms with Crippen molar-refractivity contribution in [1.29, 1.82) is 0 Å². The lowest BCUT2D eigenvalue weighted by molar-refractivity contribution is -0.161. The molecule has 0 aromatic carbocycles. The Kier molecular flexibility index (Phi) is 38.8. The minimum absolute atomic E-state index is 0.0458. The second kappa shape index (κ2) is 40.8. The number of phosphoric ester groups is 2. The molecule has 62 heavy (non-hydrogen) atoms. The SMILES string of the molecule is CC/C=C\CC(O)/C=C/C=C/C/C=C\C/C=C\C/C=C\CCC(=O)OC[C@H](COP(=O)(O)OC[C@@H](O)COP(=O)(O)O)OC(=O)CCCCCCC/C=C\C/C=C\CCCCC. The fourth-order valence-electron chi connectivity index (χ4n) is 5.19. The van der Waals surface area contributed by atoms with Gasteiger partial charge in [0.15, 0.2) is 6.10 Å². The molecule has 0 amide bonds. The Morgan fingerprint density at radius 1 is 0.548 bits per heavy atom. The average Bonchev–Trinajstić information content (AvgIpc) is 3.23. The van der Waals surface area contributed by atoms with Gasteiger partial charge in [-0.15, -0.1) is 0 Å². The number of aliphatic hydroxyl groups is 2. The number of esters is 2. The van der Waals surface area contributed by atoms with Gasteiger partial charge >= 0.3 is 27.6 Å². The quantitative estimate of drug-likeness (QED) is 0.0127. The molecule has 0 fully saturated rings. The van der Waals surface area contributed by atoms with Crippen LogP contribution in [0.25, 0.3) is 0 Å². The van der Waals surface area contributed by atoms with E-state index >= 15 is 0 Å². The second-order valence-corrected chi connectivity index (χ2v) is 17.1. The molecule has 0 aromatic rings. The van der Waals surface area contributed by atoms with Crippen LogP contribution in [0.15, 0.2) is 97.2 Å². The van der Waals surface area contributed by atoms with E-state index in [1.54, 1.807) is 6.08 Å². The number of hydrogen-bond acceptors (Lipinski definition) is 11. The molecule has 4 atom stereocenters. The summed E-state index contributed by atoms with van der Waals surface area (Å²) in [5, 5.41) is 19.6. The predicted molar refractivity (Wildman–Crippen MR) is 245 cm³/mol. The molecule has 0 aliphatic heterocycles. The molecule has 0 radical (unpaired) electrons. The monoisotopic (exact) mass is 914 g/mol. The van der Waals surface area contributed by atoms with E-state index in [0.29, 0.717) is 25.7 Å². The van der Waals surface area contributed by atoms with Gasteiger partial charge in [0.25, 0.3) is 0 Å². The summed E-state index contributed by atoms with van der Waals surface area (Å²) in [4.78, 5) is 52.7. The van der Waals surface area contributed by atoms with Crippen LogP contribution >= 0.6 is 15.6 Å². The Labute approximate surface area is 371 Å². The third-order valence-corrected chi connectivity index (χ3v) is 9.98. The third kappa shape index (κ3) is 43.6. The molecule has 16 heteroatoms. The van der Waals surface area contributed by atoms with Crippen LogP contribution in [-0.4, -0.2) is 81.6 Å². The zero-order chi connectivity index (χ0) is 46.0. The van der Waals surface area contributed by atoms with Gasteiger partial charge in [-0.25, -0.2) is 9.13 Å². The highest BCUT2D eigenvalue weighted by atomic mass is 31.2. The lowest BCUT2D eigenvalue weighted by atomic mass is 10.1. The van der Waals surface area contributed by atoms with Crippen molar-refractivity contribution < 1.29 is 66.7 Å². The van der Waals surface area contributed by atoms with E-state index in [0.717, 1.165) is 64.2 Å². The zero-order valence-corrected chi connectivity index (χ0v) is 38.8. The van der Waals surface area contributed by atoms with Crippen molar-refractivity contribution in [3.8, 4) is 0 Å². The molecular formula is C46H76O14P2. The number of carbonyl (C=O) groups is 2. The molecule has 0 rings (SSSR count). The van der Waals surface area contributed by atoms with E-state index in [4.69, 9.17) is 23.8 Å². The minimum Gasteiger partial charge on any atom is -0.462 e. The van der Waals surface area contributed by atoms with Crippen LogP contribution in [0, 0.1) is 0 Å². The molecule has 0 saturated carbocycles. The Morgan fingerprint density at radius 3 is 1.73 bits per heavy atom. The standard InChI is InChI=1S/C46H76O14P2/c1-3-5-7-8-9-10-11-12-13-16-20-23-26-29-33-37-46(50)60-44(41-59-62(54,55)58-39-43(48)38-57-61(51,52)53)40-56-45(49)36-32-28-25-22-19-17-14-15-18-21-24-27-31-35-42(47)34-30-6-4-2/h6,9-10,12-13,15,17-19,24-25,27-28,30-31,35,42-44,47-48H,3-5,7-8,11,14,16,20-23,26,29,32-34,36-41H2,1-2H3,(H,54,55)(H2,51,52,53)/b10-9-,13-12-,18-15-,19-17-,27-24+,28-25-,30-6-,35-31+/t42?,43-,44+/m0/s1. The van der Waals surface area contributed by atoms with Crippen molar-refractivity contribution in [3.63, 3.8) is 0 Å². The first kappa shape index (κ1) is 59.0. The van der Waals surface area contributed by atoms with Gasteiger partial charge < -0.3 is 34.4 Å². The normalized spacial score (nSPS) is 15.4. The van der Waals surface area contributed by atoms with Gasteiger partial charge in [-0.05, 0) is 77.0 Å². The summed E-state index contributed by atoms with van der Waals surface area (Å²) in [5.41, 5.74) is 0. The van der Waals surface area contributed by atoms with Gasteiger partial charge in [0, 0.05) is 12.8 Å². The van der Waals surface area contributed by atoms with Crippen molar-refractivity contribution in [3.05, 3.63) is 97.2 Å². The molecule has 0 bridgehead atoms. The van der Waals surface area contributed by atoms with Crippen LogP contribution in [0.4, 0.5) is 0 Å². The van der Waals surface area contributed by atoms with Crippen molar-refractivity contribution in [1.82, 2.24) is 0 Å². The Hall–Kier alpha value is -3.00. The molecule has 0 aliphatic carbocycles. The van der Waals surface area contributed by atoms with E-state index in [9.17, 15) is 33.8 Å². The number of ether oxygens (including phenoxy) is 2. The van der Waals surface area contributed by atoms with Crippen LogP contribution in [0.1, 0.15) is 136 Å². The van der Waals surface area contributed by atoms with Gasteiger partial charge in [0.1, 0.15) is 12.7 Å². The summed E-state index contributed by atoms with van der Waals surface area (Å²) >= 11 is 0. The molecule has 0 saturated heterocycles. The molecule has 2 unspecified atom stereocenters. The number of rotatable bonds is 40. The van der Waals surface area contributed by atoms with Crippen LogP contribution in [0.2, 0.25) is 0 Å². The number of carbonyl (C=O) groups excluding carboxylic acids is 2. The number of aliphatic hydroxyl groups excluding tert-OH is 2. The van der Waals surface area contributed by atoms with Gasteiger partial charge in [-0.2, -0.15) is 0 Å². The summed E-state index contributed by atoms with van der Waals surface area (Å²) in [6, 6.07) is 0. The van der Waals surface area contributed by atoms with Crippen molar-refractivity contribution in [2.24, 2.45) is 0 Å². The molecule has 0 spiro atoms. The molecule has 14 nitrogen and oxygen atoms in total. The van der Waals surface area contributed by atoms with Crippen LogP contribution < -0.4 is 0 Å². The van der Waals surface area contributed by atoms with E-state index in [1.165, 1.54) is 19.3 Å². The lowest BCUT2D eigenvalue weighted by Gasteiger charge is -2.20. The third-order valence-electron chi connectivity index (χ3n) is 8.54. The number of allylic oxidation sites excluding steroid dienone is 14. The zero-order valence-electron chi connectivity index (χ0n) is 37.0. The van der Waals surface area contributed by atoms with Gasteiger partial charge in [-0.1, -0.05) is 143 Å². The van der Waals surface area contributed by atoms with Crippen LogP contribution in [0.3, 0.4) is 0 Å². The highest BCUT2D eigenvalue weighted by Gasteiger charge is 2.28. The molecule has 0 heterocycles. The lowest BCUT2D eigenvalue weighted by Crippen LogP contribution is -2.29. The van der Waals surface area contributed by atoms with E-state index in [-0.39, 0.29) is 12.8 Å². The molecule has 0 aromatic heterocycles. The highest BCUT2D eigenvalue weighted by Crippen LogP contribution is 2.43. The maximum atomic E-state index is 12.7. The smallest absolute Gasteiger partial charge is 0.462 e. The summed E-state index contributed by atoms with van der Waals surface area (Å²) < 4.78 is 47.7. The summed E-state index contributed by atoms with van der Waals surface area (Å²) in [7, 11) is -9.72. The van der Waals surface area contributed by atoms with E-state index in [1.807, 2.05) is 54.7 Å². The fraction of sp³-hybridized carbons (Fsp3) is 0.609. The maximum absolute atomic E-state index is 12.7. The van der Waals surface area contributed by atoms with Crippen LogP contribution in [-0.2, 0) is 41.8 Å². The van der Waals surface area contributed by atoms with Gasteiger partial charge in [0.05, 0.1) is 25.9 Å². The number of phosphoric acid groups is 2. The largest absolute Gasteiger partial charge is 0.472 e. The van der Waals surface area contributed by atoms with Crippen molar-refractivity contribution >= 4 is 27.6 Å². The van der Waals surface area contributed by atoms with Crippen molar-refractivity contribution in [2.75, 3.05) is 26.4 Å². The summed E-state index contributed by atoms with van der Waals surface area (Å²) in [6.07, 6.45) is 44.5. The molecule has 354 valence electrons. The molecule has 5 N–H and O–H groups in total. The fourth-order valence-corrected chi connectivity index (χ4v) is 6.35. The average molecular weight is 915 g/mol. The maximum Gasteiger partial charge on any atom is 0.472 e. The highest BCUT2D eigenvalue weighted by molar-refractivity contribution is 7.47. The Bertz CT molecular complexity index is 1480. The topological polar surface area (TPSA) is 216 Å².